The molecule has 1 heterocycles. The number of nitrogen functional groups attached to an aromatic ring is 1. The number of benzene rings is 1. The van der Waals surface area contributed by atoms with Gasteiger partial charge in [0.1, 0.15) is 5.82 Å². The number of nitrogens with one attached hydrogen (secondary N) is 1. The van der Waals surface area contributed by atoms with Crippen LogP contribution in [0.4, 0.5) is 5.82 Å². The normalized spacial score (nSPS) is 10.1. The van der Waals surface area contributed by atoms with E-state index < -0.39 is 0 Å². The van der Waals surface area contributed by atoms with Gasteiger partial charge in [-0.2, -0.15) is 0 Å². The van der Waals surface area contributed by atoms with Gasteiger partial charge in [-0.1, -0.05) is 24.6 Å². The number of anilines is 1. The topological polar surface area (TPSA) is 50.9 Å². The van der Waals surface area contributed by atoms with E-state index in [9.17, 15) is 0 Å². The first-order chi connectivity index (χ1) is 7.67. The lowest BCUT2D eigenvalue weighted by Gasteiger charge is -2.10. The van der Waals surface area contributed by atoms with E-state index in [2.05, 4.69) is 17.3 Å². The molecule has 0 atom stereocenters. The highest BCUT2D eigenvalue weighted by Gasteiger charge is 2.08. The van der Waals surface area contributed by atoms with Crippen LogP contribution in [0.15, 0.2) is 18.2 Å². The Morgan fingerprint density at radius 1 is 1.41 bits per heavy atom. The van der Waals surface area contributed by atoms with Gasteiger partial charge < -0.3 is 5.43 Å². The van der Waals surface area contributed by atoms with Crippen LogP contribution >= 0.6 is 24.0 Å². The third-order valence-corrected chi connectivity index (χ3v) is 3.06. The minimum atomic E-state index is 0. The minimum absolute atomic E-state index is 0. The number of nitrogens with two attached hydrogens (primary N) is 1. The molecule has 0 aliphatic rings. The van der Waals surface area contributed by atoms with E-state index in [1.165, 1.54) is 0 Å². The number of aromatic nitrogens is 1. The van der Waals surface area contributed by atoms with Gasteiger partial charge in [0.15, 0.2) is 0 Å². The number of rotatable bonds is 2. The fraction of sp³-hybridized carbons (Fsp3) is 0.250. The zero-order valence-corrected chi connectivity index (χ0v) is 11.3. The van der Waals surface area contributed by atoms with Gasteiger partial charge in [0, 0.05) is 10.4 Å². The SMILES string of the molecule is CCc1cc2c(Cl)ccc(C)c2nc1NN.Cl. The monoisotopic (exact) mass is 271 g/mol. The molecular formula is C12H15Cl2N3. The second kappa shape index (κ2) is 5.54. The fourth-order valence-electron chi connectivity index (χ4n) is 1.80. The van der Waals surface area contributed by atoms with Crippen molar-refractivity contribution in [1.29, 1.82) is 0 Å². The molecule has 2 aromatic rings. The van der Waals surface area contributed by atoms with Gasteiger partial charge in [-0.05, 0) is 36.6 Å². The fourth-order valence-corrected chi connectivity index (χ4v) is 2.01. The maximum absolute atomic E-state index is 6.16. The van der Waals surface area contributed by atoms with Crippen LogP contribution in [0.3, 0.4) is 0 Å². The highest BCUT2D eigenvalue weighted by molar-refractivity contribution is 6.35. The van der Waals surface area contributed by atoms with Crippen molar-refractivity contribution < 1.29 is 0 Å². The molecule has 3 N–H and O–H groups in total. The molecule has 1 aromatic carbocycles. The molecule has 0 unspecified atom stereocenters. The summed E-state index contributed by atoms with van der Waals surface area (Å²) in [5.74, 6) is 6.18. The highest BCUT2D eigenvalue weighted by Crippen LogP contribution is 2.28. The maximum Gasteiger partial charge on any atom is 0.143 e. The Labute approximate surface area is 112 Å². The van der Waals surface area contributed by atoms with Gasteiger partial charge in [0.2, 0.25) is 0 Å². The molecule has 3 nitrogen and oxygen atoms in total. The number of hydrogen-bond acceptors (Lipinski definition) is 3. The molecule has 0 saturated heterocycles. The Balaban J connectivity index is 0.00000144. The lowest BCUT2D eigenvalue weighted by atomic mass is 10.1. The number of pyridine rings is 1. The molecule has 0 spiro atoms. The van der Waals surface area contributed by atoms with Crippen molar-refractivity contribution in [2.24, 2.45) is 5.84 Å². The summed E-state index contributed by atoms with van der Waals surface area (Å²) >= 11 is 6.16. The quantitative estimate of drug-likeness (QED) is 0.650. The van der Waals surface area contributed by atoms with Crippen LogP contribution in [0.25, 0.3) is 10.9 Å². The number of halogens is 2. The smallest absolute Gasteiger partial charge is 0.143 e. The highest BCUT2D eigenvalue weighted by atomic mass is 35.5. The van der Waals surface area contributed by atoms with Crippen molar-refractivity contribution in [2.75, 3.05) is 5.43 Å². The molecule has 2 rings (SSSR count). The van der Waals surface area contributed by atoms with Crippen molar-refractivity contribution in [2.45, 2.75) is 20.3 Å². The average Bonchev–Trinajstić information content (AvgIpc) is 2.32. The van der Waals surface area contributed by atoms with Crippen LogP contribution in [0.2, 0.25) is 5.02 Å². The largest absolute Gasteiger partial charge is 0.308 e. The molecule has 0 radical (unpaired) electrons. The molecule has 0 aliphatic carbocycles. The van der Waals surface area contributed by atoms with E-state index >= 15 is 0 Å². The number of hydrazine groups is 1. The predicted octanol–water partition coefficient (Wildman–Crippen LogP) is 3.47. The third-order valence-electron chi connectivity index (χ3n) is 2.73. The second-order valence-corrected chi connectivity index (χ2v) is 4.16. The van der Waals surface area contributed by atoms with Gasteiger partial charge in [-0.25, -0.2) is 10.8 Å². The molecule has 0 aliphatic heterocycles. The van der Waals surface area contributed by atoms with Crippen molar-refractivity contribution in [1.82, 2.24) is 4.98 Å². The lowest BCUT2D eigenvalue weighted by molar-refractivity contribution is 1.10. The molecule has 0 fully saturated rings. The molecule has 0 saturated carbocycles. The van der Waals surface area contributed by atoms with Crippen molar-refractivity contribution >= 4 is 40.7 Å². The molecular weight excluding hydrogens is 257 g/mol. The number of fused-ring (bicyclic) bond motifs is 1. The Morgan fingerprint density at radius 2 is 2.12 bits per heavy atom. The van der Waals surface area contributed by atoms with Crippen LogP contribution in [-0.4, -0.2) is 4.98 Å². The Bertz CT molecular complexity index is 492. The summed E-state index contributed by atoms with van der Waals surface area (Å²) in [6.45, 7) is 4.07. The summed E-state index contributed by atoms with van der Waals surface area (Å²) in [7, 11) is 0. The number of hydrogen-bond donors (Lipinski definition) is 2. The average molecular weight is 272 g/mol. The summed E-state index contributed by atoms with van der Waals surface area (Å²) < 4.78 is 0. The molecule has 0 bridgehead atoms. The summed E-state index contributed by atoms with van der Waals surface area (Å²) in [5, 5.41) is 1.71. The Morgan fingerprint density at radius 3 is 2.71 bits per heavy atom. The third kappa shape index (κ3) is 2.46. The molecule has 1 aromatic heterocycles. The molecule has 0 amide bonds. The van der Waals surface area contributed by atoms with Crippen molar-refractivity contribution in [3.63, 3.8) is 0 Å². The molecule has 17 heavy (non-hydrogen) atoms. The lowest BCUT2D eigenvalue weighted by Crippen LogP contribution is -2.11. The Hall–Kier alpha value is -1.03. The first-order valence-electron chi connectivity index (χ1n) is 5.22. The second-order valence-electron chi connectivity index (χ2n) is 3.75. The van der Waals surface area contributed by atoms with E-state index in [1.54, 1.807) is 0 Å². The van der Waals surface area contributed by atoms with Crippen LogP contribution in [0.5, 0.6) is 0 Å². The Kier molecular flexibility index (Phi) is 4.57. The van der Waals surface area contributed by atoms with Crippen LogP contribution in [-0.2, 0) is 6.42 Å². The first kappa shape index (κ1) is 14.0. The van der Waals surface area contributed by atoms with Gasteiger partial charge in [-0.15, -0.1) is 12.4 Å². The summed E-state index contributed by atoms with van der Waals surface area (Å²) in [6.07, 6.45) is 0.868. The van der Waals surface area contributed by atoms with E-state index in [0.717, 1.165) is 39.3 Å². The van der Waals surface area contributed by atoms with E-state index in [1.807, 2.05) is 25.1 Å². The van der Waals surface area contributed by atoms with Crippen LogP contribution < -0.4 is 11.3 Å². The van der Waals surface area contributed by atoms with Crippen LogP contribution in [0.1, 0.15) is 18.1 Å². The summed E-state index contributed by atoms with van der Waals surface area (Å²) in [5.41, 5.74) is 5.70. The van der Waals surface area contributed by atoms with Crippen LogP contribution in [0, 0.1) is 6.92 Å². The van der Waals surface area contributed by atoms with Gasteiger partial charge in [0.25, 0.3) is 0 Å². The minimum Gasteiger partial charge on any atom is -0.308 e. The summed E-state index contributed by atoms with van der Waals surface area (Å²) in [4.78, 5) is 4.50. The van der Waals surface area contributed by atoms with Gasteiger partial charge in [-0.3, -0.25) is 0 Å². The molecule has 5 heteroatoms. The van der Waals surface area contributed by atoms with Gasteiger partial charge in [0.05, 0.1) is 5.52 Å². The van der Waals surface area contributed by atoms with Crippen molar-refractivity contribution in [3.8, 4) is 0 Å². The predicted molar refractivity (Wildman–Crippen MR) is 75.9 cm³/mol. The van der Waals surface area contributed by atoms with Crippen molar-refractivity contribution in [3.05, 3.63) is 34.3 Å². The van der Waals surface area contributed by atoms with E-state index in [4.69, 9.17) is 17.4 Å². The zero-order valence-electron chi connectivity index (χ0n) is 9.75. The molecule has 92 valence electrons. The summed E-state index contributed by atoms with van der Waals surface area (Å²) in [6, 6.07) is 5.91. The standard InChI is InChI=1S/C12H14ClN3.ClH/c1-3-8-6-9-10(13)5-4-7(2)11(9)15-12(8)16-14;/h4-6H,3,14H2,1-2H3,(H,15,16);1H. The van der Waals surface area contributed by atoms with E-state index in [-0.39, 0.29) is 12.4 Å². The zero-order chi connectivity index (χ0) is 11.7. The first-order valence-corrected chi connectivity index (χ1v) is 5.60. The number of nitrogens with zero attached hydrogens (tertiary/aromatic N) is 1. The number of aryl methyl sites for hydroxylation is 2. The van der Waals surface area contributed by atoms with Gasteiger partial charge >= 0.3 is 0 Å². The maximum atomic E-state index is 6.16. The van der Waals surface area contributed by atoms with E-state index in [0.29, 0.717) is 0 Å².